The van der Waals surface area contributed by atoms with Gasteiger partial charge in [0, 0.05) is 24.6 Å². The highest BCUT2D eigenvalue weighted by Crippen LogP contribution is 2.41. The number of nitriles is 1. The summed E-state index contributed by atoms with van der Waals surface area (Å²) in [6.07, 6.45) is -1.02. The Kier molecular flexibility index (Phi) is 4.05. The molecule has 1 aliphatic heterocycles. The third kappa shape index (κ3) is 2.52. The largest absolute Gasteiger partial charge is 0.496 e. The number of halogens is 1. The second kappa shape index (κ2) is 5.62. The van der Waals surface area contributed by atoms with Gasteiger partial charge in [-0.2, -0.15) is 5.26 Å². The highest BCUT2D eigenvalue weighted by Gasteiger charge is 2.37. The molecule has 1 aromatic rings. The Labute approximate surface area is 126 Å². The van der Waals surface area contributed by atoms with Crippen LogP contribution in [0.25, 0.3) is 0 Å². The van der Waals surface area contributed by atoms with Crippen LogP contribution in [0.4, 0.5) is 4.79 Å². The first kappa shape index (κ1) is 15.1. The molecule has 1 fully saturated rings. The van der Waals surface area contributed by atoms with Crippen molar-refractivity contribution >= 4 is 23.5 Å². The molecule has 0 aromatic heterocycles. The molecular formula is C14H13ClN2O4. The zero-order chi connectivity index (χ0) is 15.7. The summed E-state index contributed by atoms with van der Waals surface area (Å²) in [6.45, 7) is 1.88. The average molecular weight is 309 g/mol. The van der Waals surface area contributed by atoms with E-state index < -0.39 is 6.09 Å². The molecule has 1 heterocycles. The predicted molar refractivity (Wildman–Crippen MR) is 75.1 cm³/mol. The number of amides is 1. The molecule has 0 unspecified atom stereocenters. The van der Waals surface area contributed by atoms with Crippen molar-refractivity contribution in [1.82, 2.24) is 4.90 Å². The Balaban J connectivity index is 2.55. The number of ether oxygens (including phenoxy) is 1. The predicted octanol–water partition coefficient (Wildman–Crippen LogP) is 2.50. The molecule has 1 saturated heterocycles. The number of Topliss-reactive ketones (excluding diaryl/α,β-unsaturated/α-hetero) is 1. The first-order valence-electron chi connectivity index (χ1n) is 6.20. The normalized spacial score (nSPS) is 14.3. The van der Waals surface area contributed by atoms with Gasteiger partial charge in [0.15, 0.2) is 5.78 Å². The molecule has 1 aromatic carbocycles. The van der Waals surface area contributed by atoms with E-state index in [1.54, 1.807) is 0 Å². The first-order valence-corrected chi connectivity index (χ1v) is 6.57. The van der Waals surface area contributed by atoms with Gasteiger partial charge in [-0.25, -0.2) is 4.79 Å². The minimum absolute atomic E-state index is 0.173. The van der Waals surface area contributed by atoms with Crippen molar-refractivity contribution in [2.75, 3.05) is 20.2 Å². The minimum atomic E-state index is -1.02. The summed E-state index contributed by atoms with van der Waals surface area (Å²) in [5.74, 6) is -0.130. The molecule has 0 spiro atoms. The highest BCUT2D eigenvalue weighted by atomic mass is 35.5. The number of nitrogens with zero attached hydrogens (tertiary/aromatic N) is 2. The van der Waals surface area contributed by atoms with Gasteiger partial charge < -0.3 is 14.7 Å². The summed E-state index contributed by atoms with van der Waals surface area (Å²) in [5.41, 5.74) is 1.04. The SMILES string of the molecule is COc1c(C(C)=O)cc(Cl)c(C#N)c1C1CN(C(=O)O)C1. The molecule has 1 aliphatic rings. The van der Waals surface area contributed by atoms with Gasteiger partial charge >= 0.3 is 6.09 Å². The number of carbonyl (C=O) groups is 2. The van der Waals surface area contributed by atoms with Crippen LogP contribution in [-0.2, 0) is 0 Å². The molecule has 1 amide bonds. The number of hydrogen-bond donors (Lipinski definition) is 1. The van der Waals surface area contributed by atoms with Crippen molar-refractivity contribution in [2.24, 2.45) is 0 Å². The van der Waals surface area contributed by atoms with Crippen LogP contribution < -0.4 is 4.74 Å². The Hall–Kier alpha value is -2.26. The van der Waals surface area contributed by atoms with Gasteiger partial charge in [-0.15, -0.1) is 0 Å². The van der Waals surface area contributed by atoms with E-state index in [-0.39, 0.29) is 35.4 Å². The summed E-state index contributed by atoms with van der Waals surface area (Å²) < 4.78 is 5.29. The van der Waals surface area contributed by atoms with E-state index in [1.165, 1.54) is 25.0 Å². The van der Waals surface area contributed by atoms with Crippen LogP contribution in [0.5, 0.6) is 5.75 Å². The Morgan fingerprint density at radius 1 is 1.52 bits per heavy atom. The molecule has 0 radical (unpaired) electrons. The first-order chi connectivity index (χ1) is 9.90. The van der Waals surface area contributed by atoms with Crippen LogP contribution in [0.3, 0.4) is 0 Å². The number of rotatable bonds is 3. The van der Waals surface area contributed by atoms with Crippen LogP contribution >= 0.6 is 11.6 Å². The summed E-state index contributed by atoms with van der Waals surface area (Å²) in [4.78, 5) is 23.8. The van der Waals surface area contributed by atoms with Crippen LogP contribution in [-0.4, -0.2) is 42.1 Å². The second-order valence-corrected chi connectivity index (χ2v) is 5.19. The van der Waals surface area contributed by atoms with Gasteiger partial charge in [0.05, 0.1) is 23.3 Å². The Bertz CT molecular complexity index is 660. The van der Waals surface area contributed by atoms with Crippen LogP contribution in [0.15, 0.2) is 6.07 Å². The van der Waals surface area contributed by atoms with Gasteiger partial charge in [-0.1, -0.05) is 11.6 Å². The molecule has 6 nitrogen and oxygen atoms in total. The van der Waals surface area contributed by atoms with Gasteiger partial charge in [0.2, 0.25) is 0 Å². The third-order valence-corrected chi connectivity index (χ3v) is 3.82. The van der Waals surface area contributed by atoms with Crippen molar-refractivity contribution in [3.8, 4) is 11.8 Å². The van der Waals surface area contributed by atoms with E-state index >= 15 is 0 Å². The van der Waals surface area contributed by atoms with Crippen molar-refractivity contribution in [1.29, 1.82) is 5.26 Å². The van der Waals surface area contributed by atoms with Gasteiger partial charge in [0.1, 0.15) is 11.8 Å². The fourth-order valence-electron chi connectivity index (χ4n) is 2.45. The van der Waals surface area contributed by atoms with Gasteiger partial charge in [-0.3, -0.25) is 4.79 Å². The lowest BCUT2D eigenvalue weighted by molar-refractivity contribution is 0.0999. The number of carboxylic acid groups (broad SMARTS) is 1. The Morgan fingerprint density at radius 3 is 2.57 bits per heavy atom. The maximum Gasteiger partial charge on any atom is 0.407 e. The van der Waals surface area contributed by atoms with Gasteiger partial charge in [-0.05, 0) is 13.0 Å². The lowest BCUT2D eigenvalue weighted by Crippen LogP contribution is -2.48. The van der Waals surface area contributed by atoms with E-state index in [0.717, 1.165) is 0 Å². The van der Waals surface area contributed by atoms with Crippen molar-refractivity contribution in [2.45, 2.75) is 12.8 Å². The van der Waals surface area contributed by atoms with Gasteiger partial charge in [0.25, 0.3) is 0 Å². The van der Waals surface area contributed by atoms with E-state index in [4.69, 9.17) is 21.4 Å². The summed E-state index contributed by atoms with van der Waals surface area (Å²) in [5, 5.41) is 18.4. The Morgan fingerprint density at radius 2 is 2.14 bits per heavy atom. The average Bonchev–Trinajstić information content (AvgIpc) is 2.36. The maximum absolute atomic E-state index is 11.7. The highest BCUT2D eigenvalue weighted by molar-refractivity contribution is 6.32. The van der Waals surface area contributed by atoms with Crippen LogP contribution in [0.1, 0.15) is 34.3 Å². The van der Waals surface area contributed by atoms with Crippen molar-refractivity contribution in [3.63, 3.8) is 0 Å². The molecule has 110 valence electrons. The second-order valence-electron chi connectivity index (χ2n) is 4.78. The van der Waals surface area contributed by atoms with E-state index in [2.05, 4.69) is 0 Å². The monoisotopic (exact) mass is 308 g/mol. The topological polar surface area (TPSA) is 90.6 Å². The van der Waals surface area contributed by atoms with Crippen molar-refractivity contribution < 1.29 is 19.4 Å². The zero-order valence-corrected chi connectivity index (χ0v) is 12.3. The van der Waals surface area contributed by atoms with Crippen molar-refractivity contribution in [3.05, 3.63) is 27.8 Å². The lowest BCUT2D eigenvalue weighted by atomic mass is 9.85. The maximum atomic E-state index is 11.7. The molecule has 0 aliphatic carbocycles. The number of benzene rings is 1. The molecule has 1 N–H and O–H groups in total. The van der Waals surface area contributed by atoms with E-state index in [1.807, 2.05) is 6.07 Å². The fourth-order valence-corrected chi connectivity index (χ4v) is 2.71. The molecule has 0 bridgehead atoms. The number of carbonyl (C=O) groups excluding carboxylic acids is 1. The quantitative estimate of drug-likeness (QED) is 0.866. The number of likely N-dealkylation sites (tertiary alicyclic amines) is 1. The molecule has 0 atom stereocenters. The molecular weight excluding hydrogens is 296 g/mol. The smallest absolute Gasteiger partial charge is 0.407 e. The van der Waals surface area contributed by atoms with E-state index in [9.17, 15) is 14.9 Å². The number of methoxy groups -OCH3 is 1. The minimum Gasteiger partial charge on any atom is -0.496 e. The molecule has 7 heteroatoms. The fraction of sp³-hybridized carbons (Fsp3) is 0.357. The van der Waals surface area contributed by atoms with E-state index in [0.29, 0.717) is 16.9 Å². The van der Waals surface area contributed by atoms with Crippen LogP contribution in [0, 0.1) is 11.3 Å². The molecule has 21 heavy (non-hydrogen) atoms. The standard InChI is InChI=1S/C14H13ClN2O4/c1-7(18)9-3-11(15)10(4-16)12(13(9)21-2)8-5-17(6-8)14(19)20/h3,8H,5-6H2,1-2H3,(H,19,20). The molecule has 0 saturated carbocycles. The molecule has 2 rings (SSSR count). The summed E-state index contributed by atoms with van der Waals surface area (Å²) >= 11 is 6.07. The lowest BCUT2D eigenvalue weighted by Gasteiger charge is -2.38. The zero-order valence-electron chi connectivity index (χ0n) is 11.5. The summed E-state index contributed by atoms with van der Waals surface area (Å²) in [6, 6.07) is 3.42. The summed E-state index contributed by atoms with van der Waals surface area (Å²) in [7, 11) is 1.41. The van der Waals surface area contributed by atoms with Crippen LogP contribution in [0.2, 0.25) is 5.02 Å². The number of hydrogen-bond acceptors (Lipinski definition) is 4. The number of ketones is 1. The third-order valence-electron chi connectivity index (χ3n) is 3.52.